The minimum Gasteiger partial charge on any atom is -0.289 e. The van der Waals surface area contributed by atoms with Crippen LogP contribution in [0.5, 0.6) is 0 Å². The first kappa shape index (κ1) is 14.5. The van der Waals surface area contributed by atoms with Crippen LogP contribution < -0.4 is 0 Å². The fourth-order valence-corrected chi connectivity index (χ4v) is 2.58. The van der Waals surface area contributed by atoms with Gasteiger partial charge in [0.15, 0.2) is 15.6 Å². The normalized spacial score (nSPS) is 11.3. The second kappa shape index (κ2) is 5.59. The van der Waals surface area contributed by atoms with E-state index in [1.54, 1.807) is 18.2 Å². The standard InChI is InChI=1S/C16H16O3S/c1-3-12-5-4-6-14(11-12)16(17)13-7-9-15(10-8-13)20(2,18)19/h4-11H,3H2,1-2H3. The third kappa shape index (κ3) is 3.14. The third-order valence-electron chi connectivity index (χ3n) is 3.14. The number of rotatable bonds is 4. The van der Waals surface area contributed by atoms with Crippen molar-refractivity contribution in [1.29, 1.82) is 0 Å². The number of hydrogen-bond acceptors (Lipinski definition) is 3. The third-order valence-corrected chi connectivity index (χ3v) is 4.27. The zero-order chi connectivity index (χ0) is 14.8. The van der Waals surface area contributed by atoms with E-state index >= 15 is 0 Å². The molecule has 0 saturated heterocycles. The summed E-state index contributed by atoms with van der Waals surface area (Å²) < 4.78 is 22.8. The van der Waals surface area contributed by atoms with E-state index in [0.29, 0.717) is 11.1 Å². The smallest absolute Gasteiger partial charge is 0.193 e. The Hall–Kier alpha value is -1.94. The predicted molar refractivity (Wildman–Crippen MR) is 78.8 cm³/mol. The fraction of sp³-hybridized carbons (Fsp3) is 0.188. The summed E-state index contributed by atoms with van der Waals surface area (Å²) in [5.74, 6) is -0.0969. The SMILES string of the molecule is CCc1cccc(C(=O)c2ccc(S(C)(=O)=O)cc2)c1. The molecule has 20 heavy (non-hydrogen) atoms. The highest BCUT2D eigenvalue weighted by atomic mass is 32.2. The van der Waals surface area contributed by atoms with Crippen molar-refractivity contribution in [1.82, 2.24) is 0 Å². The number of ketones is 1. The van der Waals surface area contributed by atoms with Crippen LogP contribution in [0, 0.1) is 0 Å². The molecule has 0 aliphatic rings. The van der Waals surface area contributed by atoms with Crippen molar-refractivity contribution >= 4 is 15.6 Å². The highest BCUT2D eigenvalue weighted by Crippen LogP contribution is 2.15. The molecular weight excluding hydrogens is 272 g/mol. The number of carbonyl (C=O) groups excluding carboxylic acids is 1. The highest BCUT2D eigenvalue weighted by Gasteiger charge is 2.11. The summed E-state index contributed by atoms with van der Waals surface area (Å²) in [6.07, 6.45) is 2.02. The maximum Gasteiger partial charge on any atom is 0.193 e. The summed E-state index contributed by atoms with van der Waals surface area (Å²) >= 11 is 0. The van der Waals surface area contributed by atoms with E-state index < -0.39 is 9.84 Å². The highest BCUT2D eigenvalue weighted by molar-refractivity contribution is 7.90. The molecule has 2 aromatic carbocycles. The fourth-order valence-electron chi connectivity index (χ4n) is 1.95. The van der Waals surface area contributed by atoms with E-state index in [4.69, 9.17) is 0 Å². The van der Waals surface area contributed by atoms with E-state index in [2.05, 4.69) is 0 Å². The van der Waals surface area contributed by atoms with Gasteiger partial charge in [-0.25, -0.2) is 8.42 Å². The molecule has 0 heterocycles. The van der Waals surface area contributed by atoms with Gasteiger partial charge in [0.05, 0.1) is 4.90 Å². The zero-order valence-electron chi connectivity index (χ0n) is 11.5. The molecule has 0 bridgehead atoms. The van der Waals surface area contributed by atoms with Crippen LogP contribution in [0.4, 0.5) is 0 Å². The Labute approximate surface area is 119 Å². The topological polar surface area (TPSA) is 51.2 Å². The molecule has 0 aliphatic heterocycles. The van der Waals surface area contributed by atoms with Crippen molar-refractivity contribution in [2.75, 3.05) is 6.26 Å². The number of carbonyl (C=O) groups is 1. The summed E-state index contributed by atoms with van der Waals surface area (Å²) in [5, 5.41) is 0. The van der Waals surface area contributed by atoms with Crippen molar-refractivity contribution in [3.8, 4) is 0 Å². The molecule has 0 atom stereocenters. The van der Waals surface area contributed by atoms with Gasteiger partial charge >= 0.3 is 0 Å². The van der Waals surface area contributed by atoms with Crippen LogP contribution in [-0.4, -0.2) is 20.5 Å². The van der Waals surface area contributed by atoms with Crippen LogP contribution in [0.1, 0.15) is 28.4 Å². The van der Waals surface area contributed by atoms with Crippen LogP contribution in [0.15, 0.2) is 53.4 Å². The molecule has 0 aliphatic carbocycles. The van der Waals surface area contributed by atoms with E-state index in [9.17, 15) is 13.2 Å². The van der Waals surface area contributed by atoms with Gasteiger partial charge in [-0.1, -0.05) is 25.1 Å². The molecule has 0 saturated carbocycles. The van der Waals surface area contributed by atoms with Crippen molar-refractivity contribution < 1.29 is 13.2 Å². The maximum absolute atomic E-state index is 12.3. The molecule has 4 heteroatoms. The average molecular weight is 288 g/mol. The first-order valence-electron chi connectivity index (χ1n) is 6.35. The van der Waals surface area contributed by atoms with Crippen molar-refractivity contribution in [2.24, 2.45) is 0 Å². The number of hydrogen-bond donors (Lipinski definition) is 0. The van der Waals surface area contributed by atoms with E-state index in [1.165, 1.54) is 12.1 Å². The summed E-state index contributed by atoms with van der Waals surface area (Å²) in [6, 6.07) is 13.5. The molecule has 2 aromatic rings. The molecule has 104 valence electrons. The van der Waals surface area contributed by atoms with Crippen LogP contribution in [-0.2, 0) is 16.3 Å². The monoisotopic (exact) mass is 288 g/mol. The Morgan fingerprint density at radius 3 is 2.20 bits per heavy atom. The van der Waals surface area contributed by atoms with E-state index in [1.807, 2.05) is 25.1 Å². The Balaban J connectivity index is 2.34. The van der Waals surface area contributed by atoms with Gasteiger partial charge in [-0.05, 0) is 42.3 Å². The van der Waals surface area contributed by atoms with Crippen molar-refractivity contribution in [2.45, 2.75) is 18.2 Å². The van der Waals surface area contributed by atoms with Crippen LogP contribution >= 0.6 is 0 Å². The summed E-state index contributed by atoms with van der Waals surface area (Å²) in [7, 11) is -3.23. The second-order valence-corrected chi connectivity index (χ2v) is 6.70. The van der Waals surface area contributed by atoms with Gasteiger partial charge < -0.3 is 0 Å². The van der Waals surface area contributed by atoms with Gasteiger partial charge in [0.2, 0.25) is 0 Å². The second-order valence-electron chi connectivity index (χ2n) is 4.68. The lowest BCUT2D eigenvalue weighted by atomic mass is 10.0. The lowest BCUT2D eigenvalue weighted by Crippen LogP contribution is -2.03. The number of benzene rings is 2. The minimum absolute atomic E-state index is 0.0969. The van der Waals surface area contributed by atoms with Crippen molar-refractivity contribution in [3.05, 3.63) is 65.2 Å². The van der Waals surface area contributed by atoms with Crippen molar-refractivity contribution in [3.63, 3.8) is 0 Å². The molecule has 0 amide bonds. The molecular formula is C16H16O3S. The van der Waals surface area contributed by atoms with Gasteiger partial charge in [-0.15, -0.1) is 0 Å². The molecule has 3 nitrogen and oxygen atoms in total. The largest absolute Gasteiger partial charge is 0.289 e. The summed E-state index contributed by atoms with van der Waals surface area (Å²) in [4.78, 5) is 12.5. The number of aryl methyl sites for hydroxylation is 1. The molecule has 0 radical (unpaired) electrons. The van der Waals surface area contributed by atoms with Crippen LogP contribution in [0.3, 0.4) is 0 Å². The average Bonchev–Trinajstić information content (AvgIpc) is 2.46. The first-order valence-corrected chi connectivity index (χ1v) is 8.24. The molecule has 0 aromatic heterocycles. The summed E-state index contributed by atoms with van der Waals surface area (Å²) in [5.41, 5.74) is 2.21. The van der Waals surface area contributed by atoms with E-state index in [-0.39, 0.29) is 10.7 Å². The maximum atomic E-state index is 12.3. The molecule has 0 spiro atoms. The van der Waals surface area contributed by atoms with Gasteiger partial charge in [0, 0.05) is 17.4 Å². The van der Waals surface area contributed by atoms with Crippen LogP contribution in [0.2, 0.25) is 0 Å². The molecule has 2 rings (SSSR count). The summed E-state index contributed by atoms with van der Waals surface area (Å²) in [6.45, 7) is 2.03. The first-order chi connectivity index (χ1) is 9.41. The Morgan fingerprint density at radius 2 is 1.65 bits per heavy atom. The molecule has 0 fully saturated rings. The molecule has 0 N–H and O–H groups in total. The predicted octanol–water partition coefficient (Wildman–Crippen LogP) is 2.88. The Kier molecular flexibility index (Phi) is 4.04. The lowest BCUT2D eigenvalue weighted by molar-refractivity contribution is 0.103. The Bertz CT molecular complexity index is 729. The quantitative estimate of drug-likeness (QED) is 0.813. The Morgan fingerprint density at radius 1 is 1.00 bits per heavy atom. The van der Waals surface area contributed by atoms with Gasteiger partial charge in [-0.2, -0.15) is 0 Å². The van der Waals surface area contributed by atoms with E-state index in [0.717, 1.165) is 18.2 Å². The zero-order valence-corrected chi connectivity index (χ0v) is 12.3. The number of sulfone groups is 1. The van der Waals surface area contributed by atoms with Gasteiger partial charge in [-0.3, -0.25) is 4.79 Å². The van der Waals surface area contributed by atoms with Crippen LogP contribution in [0.25, 0.3) is 0 Å². The van der Waals surface area contributed by atoms with Gasteiger partial charge in [0.25, 0.3) is 0 Å². The minimum atomic E-state index is -3.23. The lowest BCUT2D eigenvalue weighted by Gasteiger charge is -2.04. The molecule has 0 unspecified atom stereocenters. The van der Waals surface area contributed by atoms with Gasteiger partial charge in [0.1, 0.15) is 0 Å².